The van der Waals surface area contributed by atoms with Gasteiger partial charge in [-0.1, -0.05) is 66.2 Å². The maximum atomic E-state index is 11.7. The molecule has 3 aromatic carbocycles. The van der Waals surface area contributed by atoms with E-state index in [0.717, 1.165) is 0 Å². The van der Waals surface area contributed by atoms with E-state index < -0.39 is 15.0 Å². The minimum Gasteiger partial charge on any atom is -0.744 e. The minimum atomic E-state index is -4.74. The number of nitrogens with zero attached hydrogens (tertiary/aromatic N) is 3. The molecule has 0 bridgehead atoms. The molecule has 0 amide bonds. The van der Waals surface area contributed by atoms with Gasteiger partial charge in [0, 0.05) is 5.69 Å². The Balaban J connectivity index is 0.00000361. The molecule has 13 heteroatoms. The first-order valence-corrected chi connectivity index (χ1v) is 12.2. The van der Waals surface area contributed by atoms with Crippen molar-refractivity contribution in [2.75, 3.05) is 16.0 Å². The summed E-state index contributed by atoms with van der Waals surface area (Å²) < 4.78 is 35.0. The van der Waals surface area contributed by atoms with Gasteiger partial charge in [0.15, 0.2) is 0 Å². The Hall–Kier alpha value is -2.70. The Morgan fingerprint density at radius 3 is 1.69 bits per heavy atom. The molecule has 0 saturated carbocycles. The summed E-state index contributed by atoms with van der Waals surface area (Å²) in [5.74, 6) is 0.346. The van der Waals surface area contributed by atoms with E-state index in [1.165, 1.54) is 18.2 Å². The predicted molar refractivity (Wildman–Crippen MR) is 137 cm³/mol. The summed E-state index contributed by atoms with van der Waals surface area (Å²) in [4.78, 5) is 12.6. The van der Waals surface area contributed by atoms with Crippen LogP contribution in [0.2, 0.25) is 10.0 Å². The average molecular weight is 551 g/mol. The normalized spacial score (nSPS) is 10.8. The molecular weight excluding hydrogens is 534 g/mol. The largest absolute Gasteiger partial charge is 1.00 e. The summed E-state index contributed by atoms with van der Waals surface area (Å²) in [6, 6.07) is 18.3. The van der Waals surface area contributed by atoms with Crippen LogP contribution in [0, 0.1) is 0 Å². The van der Waals surface area contributed by atoms with E-state index in [1.54, 1.807) is 54.6 Å². The minimum absolute atomic E-state index is 0. The zero-order valence-corrected chi connectivity index (χ0v) is 23.2. The zero-order chi connectivity index (χ0) is 25.0. The number of benzene rings is 3. The fourth-order valence-electron chi connectivity index (χ4n) is 3.04. The molecule has 36 heavy (non-hydrogen) atoms. The van der Waals surface area contributed by atoms with Gasteiger partial charge in [-0.3, -0.25) is 0 Å². The second-order valence-electron chi connectivity index (χ2n) is 7.05. The van der Waals surface area contributed by atoms with Gasteiger partial charge < -0.3 is 20.5 Å². The third-order valence-corrected chi connectivity index (χ3v) is 6.19. The number of hydrogen-bond acceptors (Lipinski definition) is 9. The molecule has 0 unspecified atom stereocenters. The SMILES string of the molecule is C=Cc1ccc(Nc2nc(Nc3ccccc3Cl)nc(Nc3ccccc3Cl)n2)cc1S(=O)(=O)[O-].[Na+]. The van der Waals surface area contributed by atoms with E-state index in [1.807, 2.05) is 0 Å². The Labute approximate surface area is 240 Å². The first kappa shape index (κ1) is 27.9. The van der Waals surface area contributed by atoms with Crippen LogP contribution in [-0.4, -0.2) is 27.9 Å². The molecular formula is C23H17Cl2N6NaO3S. The van der Waals surface area contributed by atoms with Crippen molar-refractivity contribution in [3.05, 3.63) is 88.9 Å². The third kappa shape index (κ3) is 6.95. The molecule has 0 fully saturated rings. The van der Waals surface area contributed by atoms with E-state index in [0.29, 0.717) is 21.4 Å². The summed E-state index contributed by atoms with van der Waals surface area (Å²) in [7, 11) is -4.74. The van der Waals surface area contributed by atoms with Gasteiger partial charge in [-0.25, -0.2) is 8.42 Å². The molecule has 0 atom stereocenters. The van der Waals surface area contributed by atoms with E-state index >= 15 is 0 Å². The average Bonchev–Trinajstić information content (AvgIpc) is 2.81. The standard InChI is InChI=1S/C23H18Cl2N6O3S.Na/c1-2-14-11-12-15(13-20(14)35(32,33)34)26-21-29-22(27-18-9-5-3-7-16(18)24)31-23(30-21)28-19-10-6-4-8-17(19)25;/h2-13H,1H2,(H,32,33,34)(H3,26,27,28,29,30,31);/q;+1/p-1. The quantitative estimate of drug-likeness (QED) is 0.223. The molecule has 4 aromatic rings. The van der Waals surface area contributed by atoms with Gasteiger partial charge in [0.1, 0.15) is 10.1 Å². The number of para-hydroxylation sites is 2. The van der Waals surface area contributed by atoms with Crippen molar-refractivity contribution in [1.29, 1.82) is 0 Å². The van der Waals surface area contributed by atoms with Gasteiger partial charge in [0.25, 0.3) is 0 Å². The Morgan fingerprint density at radius 1 is 0.778 bits per heavy atom. The van der Waals surface area contributed by atoms with Crippen LogP contribution in [0.3, 0.4) is 0 Å². The van der Waals surface area contributed by atoms with Crippen LogP contribution in [0.4, 0.5) is 34.9 Å². The molecule has 1 heterocycles. The molecule has 9 nitrogen and oxygen atoms in total. The van der Waals surface area contributed by atoms with E-state index in [-0.39, 0.29) is 58.7 Å². The maximum absolute atomic E-state index is 11.7. The van der Waals surface area contributed by atoms with Gasteiger partial charge in [-0.15, -0.1) is 0 Å². The third-order valence-electron chi connectivity index (χ3n) is 4.64. The second kappa shape index (κ2) is 12.0. The van der Waals surface area contributed by atoms with Crippen molar-refractivity contribution in [3.63, 3.8) is 0 Å². The Bertz CT molecular complexity index is 1460. The topological polar surface area (TPSA) is 132 Å². The van der Waals surface area contributed by atoms with Crippen LogP contribution in [0.5, 0.6) is 0 Å². The summed E-state index contributed by atoms with van der Waals surface area (Å²) >= 11 is 12.5. The van der Waals surface area contributed by atoms with Crippen molar-refractivity contribution >= 4 is 74.3 Å². The van der Waals surface area contributed by atoms with Gasteiger partial charge >= 0.3 is 29.6 Å². The van der Waals surface area contributed by atoms with Crippen LogP contribution < -0.4 is 45.5 Å². The summed E-state index contributed by atoms with van der Waals surface area (Å²) in [6.07, 6.45) is 1.29. The van der Waals surface area contributed by atoms with Crippen LogP contribution in [0.1, 0.15) is 5.56 Å². The Morgan fingerprint density at radius 2 is 1.25 bits per heavy atom. The van der Waals surface area contributed by atoms with Crippen LogP contribution >= 0.6 is 23.2 Å². The molecule has 3 N–H and O–H groups in total. The predicted octanol–water partition coefficient (Wildman–Crippen LogP) is 2.96. The molecule has 0 spiro atoms. The molecule has 0 aliphatic carbocycles. The number of anilines is 6. The van der Waals surface area contributed by atoms with E-state index in [2.05, 4.69) is 37.5 Å². The molecule has 0 radical (unpaired) electrons. The first-order chi connectivity index (χ1) is 16.7. The molecule has 0 saturated heterocycles. The molecule has 4 rings (SSSR count). The van der Waals surface area contributed by atoms with Gasteiger partial charge in [0.2, 0.25) is 17.8 Å². The van der Waals surface area contributed by atoms with E-state index in [4.69, 9.17) is 23.2 Å². The fourth-order valence-corrected chi connectivity index (χ4v) is 4.11. The maximum Gasteiger partial charge on any atom is 1.00 e. The fraction of sp³-hybridized carbons (Fsp3) is 0. The number of aromatic nitrogens is 3. The number of hydrogen-bond donors (Lipinski definition) is 3. The number of rotatable bonds is 8. The van der Waals surface area contributed by atoms with Gasteiger partial charge in [-0.05, 0) is 42.0 Å². The van der Waals surface area contributed by atoms with Gasteiger partial charge in [-0.2, -0.15) is 15.0 Å². The molecule has 178 valence electrons. The van der Waals surface area contributed by atoms with E-state index in [9.17, 15) is 13.0 Å². The molecule has 0 aliphatic heterocycles. The van der Waals surface area contributed by atoms with Crippen LogP contribution in [-0.2, 0) is 10.1 Å². The summed E-state index contributed by atoms with van der Waals surface area (Å²) in [6.45, 7) is 3.54. The molecule has 0 aliphatic rings. The molecule has 1 aromatic heterocycles. The second-order valence-corrected chi connectivity index (χ2v) is 9.21. The van der Waals surface area contributed by atoms with Gasteiger partial charge in [0.05, 0.1) is 26.3 Å². The van der Waals surface area contributed by atoms with Crippen LogP contribution in [0.25, 0.3) is 6.08 Å². The van der Waals surface area contributed by atoms with Crippen molar-refractivity contribution in [2.24, 2.45) is 0 Å². The van der Waals surface area contributed by atoms with Crippen molar-refractivity contribution in [1.82, 2.24) is 15.0 Å². The number of nitrogens with one attached hydrogen (secondary N) is 3. The van der Waals surface area contributed by atoms with Crippen molar-refractivity contribution in [2.45, 2.75) is 4.90 Å². The monoisotopic (exact) mass is 550 g/mol. The smallest absolute Gasteiger partial charge is 0.744 e. The summed E-state index contributed by atoms with van der Waals surface area (Å²) in [5.41, 5.74) is 1.57. The van der Waals surface area contributed by atoms with Crippen molar-refractivity contribution in [3.8, 4) is 0 Å². The number of halogens is 2. The van der Waals surface area contributed by atoms with Crippen molar-refractivity contribution < 1.29 is 42.5 Å². The zero-order valence-electron chi connectivity index (χ0n) is 18.9. The first-order valence-electron chi connectivity index (χ1n) is 10.0. The Kier molecular flexibility index (Phi) is 9.31. The van der Waals surface area contributed by atoms with Crippen LogP contribution in [0.15, 0.2) is 78.2 Å². The summed E-state index contributed by atoms with van der Waals surface area (Å²) in [5, 5.41) is 9.86.